The average molecular weight is 260 g/mol. The molecule has 0 aromatic carbocycles. The minimum absolute atomic E-state index is 0.534. The van der Waals surface area contributed by atoms with Crippen molar-refractivity contribution in [3.05, 3.63) is 34.9 Å². The normalized spacial score (nSPS) is 19.0. The first-order valence-electron chi connectivity index (χ1n) is 7.86. The number of hydrogen-bond donors (Lipinski definition) is 0. The molecular weight excluding hydrogens is 228 g/mol. The van der Waals surface area contributed by atoms with Crippen LogP contribution in [0.1, 0.15) is 79.6 Å². The van der Waals surface area contributed by atoms with Crippen LogP contribution in [0.15, 0.2) is 34.9 Å². The maximum atomic E-state index is 2.48. The summed E-state index contributed by atoms with van der Waals surface area (Å²) in [6.07, 6.45) is 16.1. The molecule has 0 unspecified atom stereocenters. The van der Waals surface area contributed by atoms with Gasteiger partial charge in [0, 0.05) is 0 Å². The summed E-state index contributed by atoms with van der Waals surface area (Å²) in [5.74, 6) is 0. The standard InChI is InChI=1S/C19H32/c1-16(2)9-6-10-17(3)11-7-12-18-13-8-14-19(4,5)15-18/h9,11,13H,6-8,10,12,14-15H2,1-5H3/b17-11+. The lowest BCUT2D eigenvalue weighted by molar-refractivity contribution is 0.316. The summed E-state index contributed by atoms with van der Waals surface area (Å²) in [6.45, 7) is 11.4. The zero-order valence-corrected chi connectivity index (χ0v) is 13.7. The Balaban J connectivity index is 2.29. The van der Waals surface area contributed by atoms with Crippen LogP contribution in [0.3, 0.4) is 0 Å². The Morgan fingerprint density at radius 2 is 1.89 bits per heavy atom. The van der Waals surface area contributed by atoms with Gasteiger partial charge in [0.25, 0.3) is 0 Å². The molecule has 1 rings (SSSR count). The van der Waals surface area contributed by atoms with Crippen LogP contribution in [-0.4, -0.2) is 0 Å². The predicted molar refractivity (Wildman–Crippen MR) is 87.4 cm³/mol. The molecule has 0 radical (unpaired) electrons. The third kappa shape index (κ3) is 7.40. The van der Waals surface area contributed by atoms with Crippen molar-refractivity contribution < 1.29 is 0 Å². The van der Waals surface area contributed by atoms with Crippen molar-refractivity contribution in [2.75, 3.05) is 0 Å². The molecule has 0 saturated heterocycles. The summed E-state index contributed by atoms with van der Waals surface area (Å²) in [7, 11) is 0. The second-order valence-electron chi connectivity index (χ2n) is 7.15. The Kier molecular flexibility index (Phi) is 6.62. The fraction of sp³-hybridized carbons (Fsp3) is 0.684. The highest BCUT2D eigenvalue weighted by atomic mass is 14.3. The van der Waals surface area contributed by atoms with Crippen LogP contribution in [0.5, 0.6) is 0 Å². The van der Waals surface area contributed by atoms with E-state index in [0.29, 0.717) is 5.41 Å². The van der Waals surface area contributed by atoms with E-state index in [2.05, 4.69) is 52.8 Å². The molecule has 0 fully saturated rings. The lowest BCUT2D eigenvalue weighted by Gasteiger charge is -2.29. The zero-order valence-electron chi connectivity index (χ0n) is 13.7. The van der Waals surface area contributed by atoms with E-state index < -0.39 is 0 Å². The van der Waals surface area contributed by atoms with Crippen LogP contribution < -0.4 is 0 Å². The lowest BCUT2D eigenvalue weighted by Crippen LogP contribution is -2.15. The van der Waals surface area contributed by atoms with Crippen molar-refractivity contribution in [3.63, 3.8) is 0 Å². The number of hydrogen-bond acceptors (Lipinski definition) is 0. The van der Waals surface area contributed by atoms with Crippen LogP contribution in [0.25, 0.3) is 0 Å². The Hall–Kier alpha value is -0.780. The van der Waals surface area contributed by atoms with Gasteiger partial charge in [0.05, 0.1) is 0 Å². The molecular formula is C19H32. The van der Waals surface area contributed by atoms with Gasteiger partial charge in [0.2, 0.25) is 0 Å². The predicted octanol–water partition coefficient (Wildman–Crippen LogP) is 6.60. The molecule has 1 aliphatic carbocycles. The second kappa shape index (κ2) is 7.72. The SMILES string of the molecule is CC(C)=CCC/C(C)=C/CCC1=CCCC(C)(C)C1. The minimum Gasteiger partial charge on any atom is -0.0856 e. The van der Waals surface area contributed by atoms with Crippen LogP contribution in [0, 0.1) is 5.41 Å². The Morgan fingerprint density at radius 3 is 2.53 bits per heavy atom. The van der Waals surface area contributed by atoms with Crippen LogP contribution in [-0.2, 0) is 0 Å². The van der Waals surface area contributed by atoms with Crippen molar-refractivity contribution in [1.29, 1.82) is 0 Å². The van der Waals surface area contributed by atoms with Crippen molar-refractivity contribution in [3.8, 4) is 0 Å². The molecule has 0 heteroatoms. The molecule has 0 nitrogen and oxygen atoms in total. The van der Waals surface area contributed by atoms with E-state index in [9.17, 15) is 0 Å². The second-order valence-corrected chi connectivity index (χ2v) is 7.15. The Labute approximate surface area is 120 Å². The van der Waals surface area contributed by atoms with Crippen molar-refractivity contribution >= 4 is 0 Å². The number of rotatable bonds is 6. The molecule has 0 heterocycles. The quantitative estimate of drug-likeness (QED) is 0.472. The molecule has 0 spiro atoms. The molecule has 0 N–H and O–H groups in total. The van der Waals surface area contributed by atoms with Gasteiger partial charge in [-0.3, -0.25) is 0 Å². The van der Waals surface area contributed by atoms with Gasteiger partial charge in [-0.05, 0) is 71.1 Å². The van der Waals surface area contributed by atoms with Gasteiger partial charge in [-0.25, -0.2) is 0 Å². The average Bonchev–Trinajstić information content (AvgIpc) is 2.27. The topological polar surface area (TPSA) is 0 Å². The Morgan fingerprint density at radius 1 is 1.16 bits per heavy atom. The molecule has 0 saturated carbocycles. The molecule has 0 aliphatic heterocycles. The summed E-state index contributed by atoms with van der Waals surface area (Å²) in [5, 5.41) is 0. The van der Waals surface area contributed by atoms with Crippen LogP contribution in [0.4, 0.5) is 0 Å². The smallest absolute Gasteiger partial charge is 0.0268 e. The van der Waals surface area contributed by atoms with E-state index in [1.54, 1.807) is 11.1 Å². The van der Waals surface area contributed by atoms with Gasteiger partial charge in [-0.1, -0.05) is 48.8 Å². The minimum atomic E-state index is 0.534. The van der Waals surface area contributed by atoms with E-state index in [0.717, 1.165) is 0 Å². The largest absolute Gasteiger partial charge is 0.0856 e. The maximum absolute atomic E-state index is 2.48. The van der Waals surface area contributed by atoms with Gasteiger partial charge in [-0.2, -0.15) is 0 Å². The molecule has 0 bridgehead atoms. The van der Waals surface area contributed by atoms with Gasteiger partial charge in [0.15, 0.2) is 0 Å². The highest BCUT2D eigenvalue weighted by Gasteiger charge is 2.21. The van der Waals surface area contributed by atoms with Crippen molar-refractivity contribution in [2.24, 2.45) is 5.41 Å². The summed E-state index contributed by atoms with van der Waals surface area (Å²) in [6, 6.07) is 0. The molecule has 108 valence electrons. The summed E-state index contributed by atoms with van der Waals surface area (Å²) >= 11 is 0. The zero-order chi connectivity index (χ0) is 14.3. The molecule has 0 aromatic heterocycles. The Bertz CT molecular complexity index is 359. The van der Waals surface area contributed by atoms with Gasteiger partial charge in [0.1, 0.15) is 0 Å². The first-order valence-corrected chi connectivity index (χ1v) is 7.86. The first-order chi connectivity index (χ1) is 8.89. The maximum Gasteiger partial charge on any atom is -0.0268 e. The fourth-order valence-corrected chi connectivity index (χ4v) is 2.83. The molecule has 0 aromatic rings. The van der Waals surface area contributed by atoms with Crippen LogP contribution >= 0.6 is 0 Å². The fourth-order valence-electron chi connectivity index (χ4n) is 2.83. The van der Waals surface area contributed by atoms with Crippen molar-refractivity contribution in [1.82, 2.24) is 0 Å². The molecule has 0 atom stereocenters. The van der Waals surface area contributed by atoms with E-state index in [1.165, 1.54) is 50.5 Å². The van der Waals surface area contributed by atoms with Gasteiger partial charge in [-0.15, -0.1) is 0 Å². The van der Waals surface area contributed by atoms with E-state index in [-0.39, 0.29) is 0 Å². The van der Waals surface area contributed by atoms with E-state index in [4.69, 9.17) is 0 Å². The lowest BCUT2D eigenvalue weighted by atomic mass is 9.76. The van der Waals surface area contributed by atoms with Crippen molar-refractivity contribution in [2.45, 2.75) is 79.6 Å². The summed E-state index contributed by atoms with van der Waals surface area (Å²) < 4.78 is 0. The third-order valence-electron chi connectivity index (χ3n) is 4.01. The van der Waals surface area contributed by atoms with E-state index >= 15 is 0 Å². The van der Waals surface area contributed by atoms with E-state index in [1.807, 2.05) is 0 Å². The summed E-state index contributed by atoms with van der Waals surface area (Å²) in [5.41, 5.74) is 5.20. The molecule has 19 heavy (non-hydrogen) atoms. The summed E-state index contributed by atoms with van der Waals surface area (Å²) in [4.78, 5) is 0. The van der Waals surface area contributed by atoms with Gasteiger partial charge >= 0.3 is 0 Å². The van der Waals surface area contributed by atoms with Crippen LogP contribution in [0.2, 0.25) is 0 Å². The highest BCUT2D eigenvalue weighted by Crippen LogP contribution is 2.36. The highest BCUT2D eigenvalue weighted by molar-refractivity contribution is 5.11. The van der Waals surface area contributed by atoms with Gasteiger partial charge < -0.3 is 0 Å². The number of allylic oxidation sites excluding steroid dienone is 6. The first kappa shape index (κ1) is 16.3. The molecule has 0 amide bonds. The molecule has 1 aliphatic rings. The third-order valence-corrected chi connectivity index (χ3v) is 4.01. The monoisotopic (exact) mass is 260 g/mol.